The van der Waals surface area contributed by atoms with E-state index in [9.17, 15) is 0 Å². The van der Waals surface area contributed by atoms with Gasteiger partial charge in [0.1, 0.15) is 6.33 Å². The lowest BCUT2D eigenvalue weighted by Crippen LogP contribution is -2.06. The summed E-state index contributed by atoms with van der Waals surface area (Å²) in [7, 11) is 0. The zero-order valence-corrected chi connectivity index (χ0v) is 11.0. The van der Waals surface area contributed by atoms with Crippen LogP contribution in [0.4, 0.5) is 0 Å². The number of nitrogens with two attached hydrogens (primary N) is 1. The molecular weight excluding hydrogens is 288 g/mol. The summed E-state index contributed by atoms with van der Waals surface area (Å²) in [6, 6.07) is 6.03. The minimum Gasteiger partial charge on any atom is -0.324 e. The van der Waals surface area contributed by atoms with E-state index in [-0.39, 0.29) is 6.04 Å². The van der Waals surface area contributed by atoms with Crippen molar-refractivity contribution in [2.45, 2.75) is 23.0 Å². The molecule has 4 nitrogen and oxygen atoms in total. The molecule has 1 aromatic heterocycles. The van der Waals surface area contributed by atoms with Crippen LogP contribution in [-0.4, -0.2) is 15.2 Å². The van der Waals surface area contributed by atoms with Crippen molar-refractivity contribution in [3.63, 3.8) is 0 Å². The Morgan fingerprint density at radius 2 is 2.31 bits per heavy atom. The molecule has 0 aliphatic carbocycles. The van der Waals surface area contributed by atoms with Crippen molar-refractivity contribution in [2.24, 2.45) is 5.73 Å². The summed E-state index contributed by atoms with van der Waals surface area (Å²) >= 11 is 4.97. The van der Waals surface area contributed by atoms with Gasteiger partial charge in [0, 0.05) is 15.4 Å². The van der Waals surface area contributed by atoms with E-state index in [1.807, 2.05) is 25.1 Å². The maximum absolute atomic E-state index is 5.93. The van der Waals surface area contributed by atoms with Crippen molar-refractivity contribution in [2.75, 3.05) is 0 Å². The van der Waals surface area contributed by atoms with Crippen molar-refractivity contribution in [1.29, 1.82) is 0 Å². The van der Waals surface area contributed by atoms with E-state index in [2.05, 4.69) is 31.1 Å². The third-order valence-corrected chi connectivity index (χ3v) is 3.54. The Bertz CT molecular complexity index is 470. The minimum absolute atomic E-state index is 0.0112. The van der Waals surface area contributed by atoms with Gasteiger partial charge in [-0.3, -0.25) is 5.10 Å². The van der Waals surface area contributed by atoms with E-state index in [0.29, 0.717) is 0 Å². The molecule has 6 heteroatoms. The molecule has 1 atom stereocenters. The van der Waals surface area contributed by atoms with Crippen LogP contribution in [0.1, 0.15) is 18.5 Å². The van der Waals surface area contributed by atoms with Crippen LogP contribution < -0.4 is 5.73 Å². The highest BCUT2D eigenvalue weighted by molar-refractivity contribution is 9.10. The third-order valence-electron chi connectivity index (χ3n) is 2.06. The van der Waals surface area contributed by atoms with Crippen molar-refractivity contribution >= 4 is 27.7 Å². The monoisotopic (exact) mass is 298 g/mol. The number of hydrogen-bond acceptors (Lipinski definition) is 4. The first-order valence-electron chi connectivity index (χ1n) is 4.75. The van der Waals surface area contributed by atoms with Crippen molar-refractivity contribution in [3.8, 4) is 0 Å². The average molecular weight is 299 g/mol. The van der Waals surface area contributed by atoms with Crippen LogP contribution in [0.5, 0.6) is 0 Å². The predicted molar refractivity (Wildman–Crippen MR) is 67.3 cm³/mol. The first-order chi connectivity index (χ1) is 7.66. The summed E-state index contributed by atoms with van der Waals surface area (Å²) in [5, 5.41) is 7.40. The molecule has 0 radical (unpaired) electrons. The van der Waals surface area contributed by atoms with Gasteiger partial charge in [-0.1, -0.05) is 27.7 Å². The number of hydrogen-bond donors (Lipinski definition) is 2. The standard InChI is InChI=1S/C10H11BrN4S/c1-6(12)8-4-7(11)2-3-9(8)16-10-13-5-14-15-10/h2-6H,12H2,1H3,(H,13,14,15). The Labute approximate surface area is 106 Å². The molecule has 1 heterocycles. The number of rotatable bonds is 3. The minimum atomic E-state index is -0.0112. The van der Waals surface area contributed by atoms with Crippen molar-refractivity contribution < 1.29 is 0 Å². The molecular formula is C10H11BrN4S. The molecule has 0 saturated carbocycles. The number of nitrogens with zero attached hydrogens (tertiary/aromatic N) is 2. The van der Waals surface area contributed by atoms with Gasteiger partial charge in [0.15, 0.2) is 5.16 Å². The van der Waals surface area contributed by atoms with Gasteiger partial charge in [-0.2, -0.15) is 5.10 Å². The first kappa shape index (κ1) is 11.6. The van der Waals surface area contributed by atoms with E-state index >= 15 is 0 Å². The van der Waals surface area contributed by atoms with Gasteiger partial charge in [-0.25, -0.2) is 4.98 Å². The second kappa shape index (κ2) is 4.99. The fraction of sp³-hybridized carbons (Fsp3) is 0.200. The molecule has 1 aromatic carbocycles. The Balaban J connectivity index is 2.33. The fourth-order valence-electron chi connectivity index (χ4n) is 1.32. The van der Waals surface area contributed by atoms with Gasteiger partial charge in [0.25, 0.3) is 0 Å². The van der Waals surface area contributed by atoms with E-state index in [1.54, 1.807) is 0 Å². The quantitative estimate of drug-likeness (QED) is 0.914. The van der Waals surface area contributed by atoms with Crippen LogP contribution >= 0.6 is 27.7 Å². The Kier molecular flexibility index (Phi) is 3.63. The summed E-state index contributed by atoms with van der Waals surface area (Å²) < 4.78 is 1.03. The molecule has 0 spiro atoms. The SMILES string of the molecule is CC(N)c1cc(Br)ccc1Sc1ncn[nH]1. The molecule has 0 saturated heterocycles. The van der Waals surface area contributed by atoms with Gasteiger partial charge in [-0.15, -0.1) is 0 Å². The van der Waals surface area contributed by atoms with Crippen LogP contribution in [0, 0.1) is 0 Å². The average Bonchev–Trinajstić information content (AvgIpc) is 2.73. The highest BCUT2D eigenvalue weighted by atomic mass is 79.9. The number of benzene rings is 1. The summed E-state index contributed by atoms with van der Waals surface area (Å²) in [6.45, 7) is 1.96. The Morgan fingerprint density at radius 1 is 1.50 bits per heavy atom. The third kappa shape index (κ3) is 2.63. The molecule has 0 amide bonds. The highest BCUT2D eigenvalue weighted by Gasteiger charge is 2.10. The number of aromatic nitrogens is 3. The molecule has 3 N–H and O–H groups in total. The summed E-state index contributed by atoms with van der Waals surface area (Å²) in [6.07, 6.45) is 1.49. The van der Waals surface area contributed by atoms with Gasteiger partial charge in [-0.05, 0) is 30.7 Å². The molecule has 0 bridgehead atoms. The molecule has 16 heavy (non-hydrogen) atoms. The van der Waals surface area contributed by atoms with E-state index < -0.39 is 0 Å². The number of halogens is 1. The Hall–Kier alpha value is -0.850. The lowest BCUT2D eigenvalue weighted by Gasteiger charge is -2.11. The van der Waals surface area contributed by atoms with Gasteiger partial charge >= 0.3 is 0 Å². The van der Waals surface area contributed by atoms with Crippen molar-refractivity contribution in [3.05, 3.63) is 34.6 Å². The molecule has 0 aliphatic rings. The molecule has 2 aromatic rings. The number of H-pyrrole nitrogens is 1. The van der Waals surface area contributed by atoms with E-state index in [4.69, 9.17) is 5.73 Å². The smallest absolute Gasteiger partial charge is 0.188 e. The molecule has 84 valence electrons. The van der Waals surface area contributed by atoms with Crippen LogP contribution in [0.15, 0.2) is 39.1 Å². The van der Waals surface area contributed by atoms with Crippen molar-refractivity contribution in [1.82, 2.24) is 15.2 Å². The maximum atomic E-state index is 5.93. The fourth-order valence-corrected chi connectivity index (χ4v) is 2.60. The molecule has 1 unspecified atom stereocenters. The highest BCUT2D eigenvalue weighted by Crippen LogP contribution is 2.32. The van der Waals surface area contributed by atoms with Gasteiger partial charge in [0.05, 0.1) is 0 Å². The topological polar surface area (TPSA) is 67.6 Å². The zero-order chi connectivity index (χ0) is 11.5. The molecule has 2 rings (SSSR count). The first-order valence-corrected chi connectivity index (χ1v) is 6.36. The van der Waals surface area contributed by atoms with E-state index in [1.165, 1.54) is 18.1 Å². The predicted octanol–water partition coefficient (Wildman–Crippen LogP) is 2.74. The lowest BCUT2D eigenvalue weighted by molar-refractivity contribution is 0.795. The normalized spacial score (nSPS) is 12.7. The number of aromatic amines is 1. The Morgan fingerprint density at radius 3 is 2.94 bits per heavy atom. The summed E-state index contributed by atoms with van der Waals surface area (Å²) in [4.78, 5) is 5.17. The second-order valence-corrected chi connectivity index (χ2v) is 5.31. The van der Waals surface area contributed by atoms with E-state index in [0.717, 1.165) is 20.1 Å². The van der Waals surface area contributed by atoms with Crippen LogP contribution in [-0.2, 0) is 0 Å². The summed E-state index contributed by atoms with van der Waals surface area (Å²) in [5.74, 6) is 0. The largest absolute Gasteiger partial charge is 0.324 e. The number of nitrogens with one attached hydrogen (secondary N) is 1. The van der Waals surface area contributed by atoms with Gasteiger partial charge < -0.3 is 5.73 Å². The van der Waals surface area contributed by atoms with Crippen LogP contribution in [0.3, 0.4) is 0 Å². The summed E-state index contributed by atoms with van der Waals surface area (Å²) in [5.41, 5.74) is 7.03. The van der Waals surface area contributed by atoms with Crippen LogP contribution in [0.2, 0.25) is 0 Å². The molecule has 0 aliphatic heterocycles. The lowest BCUT2D eigenvalue weighted by atomic mass is 10.1. The molecule has 0 fully saturated rings. The second-order valence-electron chi connectivity index (χ2n) is 3.36. The zero-order valence-electron chi connectivity index (χ0n) is 8.64. The van der Waals surface area contributed by atoms with Gasteiger partial charge in [0.2, 0.25) is 0 Å². The maximum Gasteiger partial charge on any atom is 0.188 e. The van der Waals surface area contributed by atoms with Crippen LogP contribution in [0.25, 0.3) is 0 Å².